The lowest BCUT2D eigenvalue weighted by molar-refractivity contribution is -0.107. The van der Waals surface area contributed by atoms with Crippen LogP contribution in [0.3, 0.4) is 0 Å². The predicted molar refractivity (Wildman–Crippen MR) is 67.2 cm³/mol. The van der Waals surface area contributed by atoms with Crippen LogP contribution in [0.4, 0.5) is 0 Å². The van der Waals surface area contributed by atoms with E-state index in [9.17, 15) is 4.79 Å². The lowest BCUT2D eigenvalue weighted by Crippen LogP contribution is -2.00. The van der Waals surface area contributed by atoms with Gasteiger partial charge in [0.2, 0.25) is 0 Å². The highest BCUT2D eigenvalue weighted by atomic mass is 32.1. The van der Waals surface area contributed by atoms with E-state index in [0.29, 0.717) is 11.8 Å². The van der Waals surface area contributed by atoms with Crippen LogP contribution in [-0.2, 0) is 17.6 Å². The Balaban J connectivity index is 1.95. The van der Waals surface area contributed by atoms with E-state index in [1.807, 2.05) is 11.3 Å². The molecule has 1 saturated carbocycles. The van der Waals surface area contributed by atoms with E-state index in [4.69, 9.17) is 0 Å². The van der Waals surface area contributed by atoms with Crippen LogP contribution in [0.5, 0.6) is 0 Å². The molecule has 2 heteroatoms. The van der Waals surface area contributed by atoms with E-state index >= 15 is 0 Å². The minimum absolute atomic E-state index is 0.542. The maximum Gasteiger partial charge on any atom is 0.120 e. The fourth-order valence-electron chi connectivity index (χ4n) is 3.60. The highest BCUT2D eigenvalue weighted by Crippen LogP contribution is 2.71. The van der Waals surface area contributed by atoms with Gasteiger partial charge in [-0.1, -0.05) is 13.8 Å². The summed E-state index contributed by atoms with van der Waals surface area (Å²) in [6, 6.07) is 0. The van der Waals surface area contributed by atoms with Crippen LogP contribution in [0.1, 0.15) is 47.1 Å². The molecule has 2 aliphatic rings. The molecule has 2 atom stereocenters. The SMILES string of the molecule is Cc1sc(CCC=O)c2c1[C@H]1[C@@H](C2)C1(C)C. The molecule has 16 heavy (non-hydrogen) atoms. The molecule has 3 rings (SSSR count). The molecule has 1 nitrogen and oxygen atoms in total. The van der Waals surface area contributed by atoms with Crippen molar-refractivity contribution < 1.29 is 4.79 Å². The third-order valence-electron chi connectivity index (χ3n) is 4.59. The second kappa shape index (κ2) is 3.19. The van der Waals surface area contributed by atoms with Crippen molar-refractivity contribution in [3.63, 3.8) is 0 Å². The van der Waals surface area contributed by atoms with Gasteiger partial charge < -0.3 is 4.79 Å². The summed E-state index contributed by atoms with van der Waals surface area (Å²) in [6.45, 7) is 7.05. The summed E-state index contributed by atoms with van der Waals surface area (Å²) in [7, 11) is 0. The second-order valence-electron chi connectivity index (χ2n) is 5.79. The van der Waals surface area contributed by atoms with E-state index in [-0.39, 0.29) is 0 Å². The highest BCUT2D eigenvalue weighted by Gasteiger charge is 2.63. The number of aryl methyl sites for hydroxylation is 2. The van der Waals surface area contributed by atoms with Gasteiger partial charge in [0.15, 0.2) is 0 Å². The van der Waals surface area contributed by atoms with Gasteiger partial charge in [0.1, 0.15) is 6.29 Å². The van der Waals surface area contributed by atoms with Gasteiger partial charge in [-0.3, -0.25) is 0 Å². The molecule has 1 aromatic heterocycles. The van der Waals surface area contributed by atoms with Crippen LogP contribution in [-0.4, -0.2) is 6.29 Å². The largest absolute Gasteiger partial charge is 0.303 e. The Morgan fingerprint density at radius 3 is 2.94 bits per heavy atom. The molecular weight excluding hydrogens is 216 g/mol. The van der Waals surface area contributed by atoms with Crippen LogP contribution in [0.15, 0.2) is 0 Å². The number of aldehydes is 1. The van der Waals surface area contributed by atoms with E-state index in [2.05, 4.69) is 20.8 Å². The Morgan fingerprint density at radius 1 is 1.50 bits per heavy atom. The number of thiophene rings is 1. The summed E-state index contributed by atoms with van der Waals surface area (Å²) in [5, 5.41) is 0. The molecule has 0 spiro atoms. The first kappa shape index (κ1) is 10.5. The normalized spacial score (nSPS) is 28.7. The van der Waals surface area contributed by atoms with E-state index in [0.717, 1.165) is 24.5 Å². The number of carbonyl (C=O) groups is 1. The maximum absolute atomic E-state index is 10.5. The monoisotopic (exact) mass is 234 g/mol. The number of hydrogen-bond donors (Lipinski definition) is 0. The quantitative estimate of drug-likeness (QED) is 0.732. The van der Waals surface area contributed by atoms with Crippen LogP contribution in [0, 0.1) is 18.3 Å². The topological polar surface area (TPSA) is 17.1 Å². The summed E-state index contributed by atoms with van der Waals surface area (Å²) in [6.07, 6.45) is 3.96. The zero-order valence-electron chi connectivity index (χ0n) is 10.2. The Bertz CT molecular complexity index is 456. The van der Waals surface area contributed by atoms with Crippen molar-refractivity contribution in [2.24, 2.45) is 11.3 Å². The first-order valence-corrected chi connectivity index (χ1v) is 6.93. The van der Waals surface area contributed by atoms with Gasteiger partial charge >= 0.3 is 0 Å². The molecule has 0 aromatic carbocycles. The molecule has 1 heterocycles. The summed E-state index contributed by atoms with van der Waals surface area (Å²) >= 11 is 1.93. The number of rotatable bonds is 3. The maximum atomic E-state index is 10.5. The van der Waals surface area contributed by atoms with Gasteiger partial charge in [-0.05, 0) is 48.1 Å². The Hall–Kier alpha value is -0.630. The second-order valence-corrected chi connectivity index (χ2v) is 7.10. The summed E-state index contributed by atoms with van der Waals surface area (Å²) in [4.78, 5) is 13.5. The Labute approximate surface area is 101 Å². The average molecular weight is 234 g/mol. The smallest absolute Gasteiger partial charge is 0.120 e. The minimum atomic E-state index is 0.542. The minimum Gasteiger partial charge on any atom is -0.303 e. The Morgan fingerprint density at radius 2 is 2.25 bits per heavy atom. The molecule has 0 N–H and O–H groups in total. The van der Waals surface area contributed by atoms with Crippen LogP contribution in [0.2, 0.25) is 0 Å². The van der Waals surface area contributed by atoms with Crippen molar-refractivity contribution in [1.29, 1.82) is 0 Å². The molecule has 86 valence electrons. The molecule has 0 bridgehead atoms. The van der Waals surface area contributed by atoms with E-state index in [1.54, 1.807) is 11.1 Å². The van der Waals surface area contributed by atoms with Crippen molar-refractivity contribution in [2.45, 2.75) is 46.0 Å². The average Bonchev–Trinajstić information content (AvgIpc) is 2.62. The third kappa shape index (κ3) is 1.20. The van der Waals surface area contributed by atoms with Crippen molar-refractivity contribution in [3.8, 4) is 0 Å². The Kier molecular flexibility index (Phi) is 2.10. The van der Waals surface area contributed by atoms with Gasteiger partial charge in [0.05, 0.1) is 0 Å². The van der Waals surface area contributed by atoms with Crippen LogP contribution in [0.25, 0.3) is 0 Å². The van der Waals surface area contributed by atoms with E-state index < -0.39 is 0 Å². The molecule has 0 unspecified atom stereocenters. The third-order valence-corrected chi connectivity index (χ3v) is 5.82. The molecular formula is C14H18OS. The zero-order chi connectivity index (χ0) is 11.5. The molecule has 2 aliphatic carbocycles. The highest BCUT2D eigenvalue weighted by molar-refractivity contribution is 7.12. The lowest BCUT2D eigenvalue weighted by atomic mass is 9.94. The van der Waals surface area contributed by atoms with Gasteiger partial charge in [-0.15, -0.1) is 11.3 Å². The number of fused-ring (bicyclic) bond motifs is 3. The zero-order valence-corrected chi connectivity index (χ0v) is 11.0. The molecule has 0 radical (unpaired) electrons. The number of carbonyl (C=O) groups excluding carboxylic acids is 1. The van der Waals surface area contributed by atoms with E-state index in [1.165, 1.54) is 16.2 Å². The first-order valence-electron chi connectivity index (χ1n) is 6.12. The van der Waals surface area contributed by atoms with Crippen molar-refractivity contribution in [1.82, 2.24) is 0 Å². The summed E-state index contributed by atoms with van der Waals surface area (Å²) in [5.74, 6) is 1.71. The van der Waals surface area contributed by atoms with Crippen LogP contribution >= 0.6 is 11.3 Å². The van der Waals surface area contributed by atoms with Gasteiger partial charge in [-0.25, -0.2) is 0 Å². The number of hydrogen-bond acceptors (Lipinski definition) is 2. The molecule has 1 fully saturated rings. The van der Waals surface area contributed by atoms with Gasteiger partial charge in [-0.2, -0.15) is 0 Å². The molecule has 0 saturated heterocycles. The predicted octanol–water partition coefficient (Wildman–Crippen LogP) is 3.48. The van der Waals surface area contributed by atoms with Gasteiger partial charge in [0, 0.05) is 16.2 Å². The van der Waals surface area contributed by atoms with Gasteiger partial charge in [0.25, 0.3) is 0 Å². The fourth-order valence-corrected chi connectivity index (χ4v) is 4.87. The van der Waals surface area contributed by atoms with Crippen LogP contribution < -0.4 is 0 Å². The van der Waals surface area contributed by atoms with Crippen molar-refractivity contribution >= 4 is 17.6 Å². The first-order chi connectivity index (χ1) is 7.57. The van der Waals surface area contributed by atoms with Crippen molar-refractivity contribution in [2.75, 3.05) is 0 Å². The molecule has 1 aromatic rings. The fraction of sp³-hybridized carbons (Fsp3) is 0.643. The summed E-state index contributed by atoms with van der Waals surface area (Å²) in [5.41, 5.74) is 3.81. The summed E-state index contributed by atoms with van der Waals surface area (Å²) < 4.78 is 0. The molecule has 0 aliphatic heterocycles. The van der Waals surface area contributed by atoms with Crippen molar-refractivity contribution in [3.05, 3.63) is 20.9 Å². The standard InChI is InChI=1S/C14H18OS/c1-8-12-9(11(16-8)5-4-6-15)7-10-13(12)14(10,2)3/h6,10,13H,4-5,7H2,1-3H3/t10-,13-/m1/s1. The molecule has 0 amide bonds. The lowest BCUT2D eigenvalue weighted by Gasteiger charge is -2.09.